The maximum absolute atomic E-state index is 11.5. The minimum atomic E-state index is -0.173. The fourth-order valence-electron chi connectivity index (χ4n) is 6.09. The van der Waals surface area contributed by atoms with Crippen LogP contribution in [0.5, 0.6) is 11.8 Å². The summed E-state index contributed by atoms with van der Waals surface area (Å²) < 4.78 is 11.2. The lowest BCUT2D eigenvalue weighted by Crippen LogP contribution is -2.36. The van der Waals surface area contributed by atoms with Crippen LogP contribution in [0.2, 0.25) is 10.0 Å². The Morgan fingerprint density at radius 2 is 1.49 bits per heavy atom. The van der Waals surface area contributed by atoms with E-state index in [0.717, 1.165) is 48.1 Å². The van der Waals surface area contributed by atoms with Gasteiger partial charge in [-0.25, -0.2) is 9.97 Å². The number of nitrogens with one attached hydrogen (secondary N) is 3. The fourth-order valence-corrected chi connectivity index (χ4v) is 6.74. The van der Waals surface area contributed by atoms with E-state index < -0.39 is 0 Å². The second-order valence-electron chi connectivity index (χ2n) is 12.0. The summed E-state index contributed by atoms with van der Waals surface area (Å²) in [6, 6.07) is 15.5. The average molecular weight is 678 g/mol. The van der Waals surface area contributed by atoms with Crippen LogP contribution in [0.15, 0.2) is 54.7 Å². The Labute approximate surface area is 284 Å². The van der Waals surface area contributed by atoms with Gasteiger partial charge >= 0.3 is 0 Å². The molecule has 1 saturated heterocycles. The zero-order valence-corrected chi connectivity index (χ0v) is 27.9. The fraction of sp³-hybridized carbons (Fsp3) is 0.371. The Bertz CT molecular complexity index is 1750. The van der Waals surface area contributed by atoms with E-state index in [1.165, 1.54) is 0 Å². The molecule has 1 amide bonds. The van der Waals surface area contributed by atoms with Gasteiger partial charge in [0.2, 0.25) is 17.7 Å². The van der Waals surface area contributed by atoms with Crippen LogP contribution in [0.3, 0.4) is 0 Å². The highest BCUT2D eigenvalue weighted by Gasteiger charge is 2.27. The zero-order valence-electron chi connectivity index (χ0n) is 26.4. The van der Waals surface area contributed by atoms with E-state index in [9.17, 15) is 9.90 Å². The van der Waals surface area contributed by atoms with Gasteiger partial charge in [0.1, 0.15) is 5.69 Å². The van der Waals surface area contributed by atoms with Crippen molar-refractivity contribution in [3.8, 4) is 45.4 Å². The lowest BCUT2D eigenvalue weighted by Gasteiger charge is -2.31. The number of aromatic nitrogens is 3. The third-order valence-corrected chi connectivity index (χ3v) is 9.52. The number of halogens is 2. The van der Waals surface area contributed by atoms with Crippen molar-refractivity contribution in [1.82, 2.24) is 30.9 Å². The van der Waals surface area contributed by atoms with E-state index in [4.69, 9.17) is 42.6 Å². The predicted molar refractivity (Wildman–Crippen MR) is 183 cm³/mol. The first-order valence-electron chi connectivity index (χ1n) is 15.7. The van der Waals surface area contributed by atoms with E-state index in [1.54, 1.807) is 20.4 Å². The van der Waals surface area contributed by atoms with E-state index in [2.05, 4.69) is 20.9 Å². The number of ether oxygens (including phenoxy) is 2. The molecule has 3 heterocycles. The quantitative estimate of drug-likeness (QED) is 0.147. The Kier molecular flexibility index (Phi) is 10.5. The molecule has 47 heavy (non-hydrogen) atoms. The third-order valence-electron chi connectivity index (χ3n) is 8.70. The molecular formula is C35H38Cl2N6O4. The van der Waals surface area contributed by atoms with Crippen LogP contribution in [0.1, 0.15) is 36.9 Å². The van der Waals surface area contributed by atoms with Crippen LogP contribution in [0, 0.1) is 5.92 Å². The van der Waals surface area contributed by atoms with Crippen LogP contribution >= 0.6 is 23.2 Å². The van der Waals surface area contributed by atoms with Crippen molar-refractivity contribution in [3.63, 3.8) is 0 Å². The molecule has 12 heteroatoms. The molecule has 2 fully saturated rings. The molecule has 1 saturated carbocycles. The molecule has 1 aliphatic heterocycles. The summed E-state index contributed by atoms with van der Waals surface area (Å²) in [4.78, 5) is 25.6. The smallest absolute Gasteiger partial charge is 0.237 e. The maximum Gasteiger partial charge on any atom is 0.237 e. The second-order valence-corrected chi connectivity index (χ2v) is 12.7. The van der Waals surface area contributed by atoms with E-state index >= 15 is 0 Å². The van der Waals surface area contributed by atoms with Crippen molar-refractivity contribution < 1.29 is 19.4 Å². The number of hydrogen-bond acceptors (Lipinski definition) is 9. The number of methoxy groups -OCH3 is 2. The van der Waals surface area contributed by atoms with Crippen molar-refractivity contribution >= 4 is 29.1 Å². The summed E-state index contributed by atoms with van der Waals surface area (Å²) in [6.07, 6.45) is 4.59. The first-order chi connectivity index (χ1) is 22.8. The summed E-state index contributed by atoms with van der Waals surface area (Å²) in [7, 11) is 3.17. The van der Waals surface area contributed by atoms with Crippen LogP contribution in [0.4, 0.5) is 0 Å². The molecule has 2 aliphatic rings. The van der Waals surface area contributed by atoms with Gasteiger partial charge in [-0.15, -0.1) is 0 Å². The topological polar surface area (TPSA) is 131 Å². The summed E-state index contributed by atoms with van der Waals surface area (Å²) in [5.41, 5.74) is 5.80. The molecule has 4 N–H and O–H groups in total. The van der Waals surface area contributed by atoms with Crippen molar-refractivity contribution in [2.75, 3.05) is 27.3 Å². The predicted octanol–water partition coefficient (Wildman–Crippen LogP) is 5.43. The summed E-state index contributed by atoms with van der Waals surface area (Å²) >= 11 is 14.1. The number of carbonyl (C=O) groups excluding carboxylic acids is 1. The van der Waals surface area contributed by atoms with E-state index in [1.807, 2.05) is 48.5 Å². The number of aliphatic hydroxyl groups excluding tert-OH is 1. The first-order valence-corrected chi connectivity index (χ1v) is 16.5. The van der Waals surface area contributed by atoms with Gasteiger partial charge in [-0.3, -0.25) is 9.78 Å². The monoisotopic (exact) mass is 676 g/mol. The van der Waals surface area contributed by atoms with E-state index in [0.29, 0.717) is 76.4 Å². The highest BCUT2D eigenvalue weighted by Crippen LogP contribution is 2.42. The lowest BCUT2D eigenvalue weighted by atomic mass is 9.82. The largest absolute Gasteiger partial charge is 0.481 e. The lowest BCUT2D eigenvalue weighted by molar-refractivity contribution is -0.119. The molecule has 1 atom stereocenters. The third kappa shape index (κ3) is 7.52. The minimum Gasteiger partial charge on any atom is -0.481 e. The number of hydrogen-bond donors (Lipinski definition) is 4. The van der Waals surface area contributed by atoms with Crippen LogP contribution in [0.25, 0.3) is 33.6 Å². The Morgan fingerprint density at radius 1 is 0.851 bits per heavy atom. The van der Waals surface area contributed by atoms with Crippen molar-refractivity contribution in [2.24, 2.45) is 5.92 Å². The second kappa shape index (κ2) is 15.0. The minimum absolute atomic E-state index is 0.0987. The highest BCUT2D eigenvalue weighted by molar-refractivity contribution is 6.39. The number of amides is 1. The van der Waals surface area contributed by atoms with E-state index in [-0.39, 0.29) is 18.1 Å². The van der Waals surface area contributed by atoms with Gasteiger partial charge in [0.25, 0.3) is 0 Å². The van der Waals surface area contributed by atoms with Crippen molar-refractivity contribution in [3.05, 3.63) is 76.0 Å². The van der Waals surface area contributed by atoms with Crippen LogP contribution in [-0.2, 0) is 17.9 Å². The van der Waals surface area contributed by atoms with Gasteiger partial charge in [0.15, 0.2) is 0 Å². The number of nitrogens with zero attached hydrogens (tertiary/aromatic N) is 3. The Balaban J connectivity index is 1.21. The molecule has 2 aromatic carbocycles. The standard InChI is InChI=1S/C35H38Cl2N6O4/c1-46-34-21(16-39-17-22-10-12-31(45)41-22)9-11-28(42-34)26-7-3-5-24(32(26)36)25-6-4-8-27(33(25)37)29-19-40-30(35(43-29)47-2)18-38-15-20-13-23(44)14-20/h3-9,11,19-20,22-23,38-39,44H,10,12-18H2,1-2H3,(H,41,45)/t20?,22-,23?/m0/s1. The number of rotatable bonds is 13. The molecule has 2 aromatic heterocycles. The normalized spacial score (nSPS) is 18.9. The summed E-state index contributed by atoms with van der Waals surface area (Å²) in [5, 5.41) is 20.3. The molecule has 0 radical (unpaired) electrons. The van der Waals surface area contributed by atoms with Gasteiger partial charge in [-0.1, -0.05) is 65.7 Å². The molecule has 1 aliphatic carbocycles. The molecular weight excluding hydrogens is 639 g/mol. The Hall–Kier alpha value is -3.80. The van der Waals surface area contributed by atoms with Crippen LogP contribution in [-0.4, -0.2) is 65.4 Å². The van der Waals surface area contributed by atoms with Gasteiger partial charge in [-0.2, -0.15) is 0 Å². The SMILES string of the molecule is COc1nc(-c2cccc(-c3cccc(-c4cnc(CNCC5CC(O)C5)c(OC)n4)c3Cl)c2Cl)ccc1CNC[C@@H]1CCC(=O)N1. The highest BCUT2D eigenvalue weighted by atomic mass is 35.5. The number of carbonyl (C=O) groups is 1. The number of benzene rings is 2. The first kappa shape index (κ1) is 33.1. The molecule has 4 aromatic rings. The van der Waals surface area contributed by atoms with Gasteiger partial charge in [0, 0.05) is 59.9 Å². The van der Waals surface area contributed by atoms with Gasteiger partial charge in [-0.05, 0) is 37.8 Å². The maximum atomic E-state index is 11.5. The number of aliphatic hydroxyl groups is 1. The molecule has 0 unspecified atom stereocenters. The molecule has 6 rings (SSSR count). The van der Waals surface area contributed by atoms with Gasteiger partial charge < -0.3 is 30.5 Å². The number of pyridine rings is 1. The average Bonchev–Trinajstić information content (AvgIpc) is 3.49. The zero-order chi connectivity index (χ0) is 32.9. The summed E-state index contributed by atoms with van der Waals surface area (Å²) in [5.74, 6) is 1.50. The molecule has 0 bridgehead atoms. The summed E-state index contributed by atoms with van der Waals surface area (Å²) in [6.45, 7) is 2.55. The molecule has 246 valence electrons. The van der Waals surface area contributed by atoms with Gasteiger partial charge in [0.05, 0.1) is 48.0 Å². The Morgan fingerprint density at radius 3 is 2.13 bits per heavy atom. The van der Waals surface area contributed by atoms with Crippen molar-refractivity contribution in [2.45, 2.75) is 50.9 Å². The van der Waals surface area contributed by atoms with Crippen LogP contribution < -0.4 is 25.4 Å². The molecule has 10 nitrogen and oxygen atoms in total. The molecule has 0 spiro atoms. The van der Waals surface area contributed by atoms with Crippen molar-refractivity contribution in [1.29, 1.82) is 0 Å².